The summed E-state index contributed by atoms with van der Waals surface area (Å²) < 4.78 is 29.9. The van der Waals surface area contributed by atoms with Crippen molar-refractivity contribution in [1.82, 2.24) is 0 Å². The van der Waals surface area contributed by atoms with Crippen LogP contribution in [0.15, 0.2) is 47.4 Å². The molecule has 0 unspecified atom stereocenters. The average Bonchev–Trinajstić information content (AvgIpc) is 2.56. The lowest BCUT2D eigenvalue weighted by atomic mass is 10.2. The van der Waals surface area contributed by atoms with E-state index in [-0.39, 0.29) is 10.6 Å². The Hall–Kier alpha value is -1.96. The summed E-state index contributed by atoms with van der Waals surface area (Å²) in [5, 5.41) is 9.99. The number of sulfonamides is 1. The van der Waals surface area contributed by atoms with Crippen molar-refractivity contribution in [1.29, 1.82) is 0 Å². The van der Waals surface area contributed by atoms with Crippen LogP contribution in [0.5, 0.6) is 11.5 Å². The van der Waals surface area contributed by atoms with E-state index in [0.717, 1.165) is 12.8 Å². The SMILES string of the molecule is CCCCNc1cc(C=S)cc(S(N)(=O)=O)c1Oc1ccccc1. The fourth-order valence-electron chi connectivity index (χ4n) is 2.15. The average molecular weight is 364 g/mol. The summed E-state index contributed by atoms with van der Waals surface area (Å²) in [6.45, 7) is 2.76. The largest absolute Gasteiger partial charge is 0.454 e. The zero-order chi connectivity index (χ0) is 17.6. The van der Waals surface area contributed by atoms with E-state index in [4.69, 9.17) is 22.1 Å². The van der Waals surface area contributed by atoms with Gasteiger partial charge in [0.2, 0.25) is 10.0 Å². The van der Waals surface area contributed by atoms with Crippen LogP contribution >= 0.6 is 12.2 Å². The highest BCUT2D eigenvalue weighted by molar-refractivity contribution is 7.89. The molecule has 0 aromatic heterocycles. The highest BCUT2D eigenvalue weighted by Crippen LogP contribution is 2.36. The number of nitrogens with two attached hydrogens (primary N) is 1. The number of ether oxygens (including phenoxy) is 1. The Balaban J connectivity index is 2.55. The van der Waals surface area contributed by atoms with Gasteiger partial charge in [-0.3, -0.25) is 0 Å². The van der Waals surface area contributed by atoms with Gasteiger partial charge in [-0.2, -0.15) is 0 Å². The molecule has 0 saturated heterocycles. The van der Waals surface area contributed by atoms with Crippen molar-refractivity contribution in [3.63, 3.8) is 0 Å². The highest BCUT2D eigenvalue weighted by atomic mass is 32.2. The van der Waals surface area contributed by atoms with Gasteiger partial charge in [0.05, 0.1) is 5.69 Å². The minimum Gasteiger partial charge on any atom is -0.454 e. The van der Waals surface area contributed by atoms with Gasteiger partial charge in [0, 0.05) is 11.9 Å². The molecule has 0 bridgehead atoms. The van der Waals surface area contributed by atoms with Crippen LogP contribution in [-0.4, -0.2) is 20.3 Å². The first-order valence-corrected chi connectivity index (χ1v) is 9.60. The summed E-state index contributed by atoms with van der Waals surface area (Å²) in [7, 11) is -3.97. The lowest BCUT2D eigenvalue weighted by molar-refractivity contribution is 0.469. The number of anilines is 1. The van der Waals surface area contributed by atoms with Crippen LogP contribution in [0.3, 0.4) is 0 Å². The molecule has 0 radical (unpaired) electrons. The molecule has 5 nitrogen and oxygen atoms in total. The molecule has 0 saturated carbocycles. The highest BCUT2D eigenvalue weighted by Gasteiger charge is 2.21. The third-order valence-corrected chi connectivity index (χ3v) is 4.52. The summed E-state index contributed by atoms with van der Waals surface area (Å²) in [6, 6.07) is 12.1. The first kappa shape index (κ1) is 18.4. The zero-order valence-electron chi connectivity index (χ0n) is 13.4. The van der Waals surface area contributed by atoms with Gasteiger partial charge < -0.3 is 10.1 Å². The quantitative estimate of drug-likeness (QED) is 0.551. The molecule has 0 atom stereocenters. The number of thiocarbonyl (C=S) groups is 1. The molecule has 0 fully saturated rings. The van der Waals surface area contributed by atoms with Gasteiger partial charge in [0.1, 0.15) is 10.6 Å². The molecule has 7 heteroatoms. The number of hydrogen-bond acceptors (Lipinski definition) is 5. The molecular formula is C17H20N2O3S2. The molecule has 2 rings (SSSR count). The molecule has 128 valence electrons. The summed E-state index contributed by atoms with van der Waals surface area (Å²) in [6.07, 6.45) is 1.95. The zero-order valence-corrected chi connectivity index (χ0v) is 15.0. The maximum Gasteiger partial charge on any atom is 0.241 e. The third-order valence-electron chi connectivity index (χ3n) is 3.33. The molecule has 0 aliphatic heterocycles. The van der Waals surface area contributed by atoms with Crippen LogP contribution in [-0.2, 0) is 10.0 Å². The van der Waals surface area contributed by atoms with E-state index in [1.54, 1.807) is 18.2 Å². The molecular weight excluding hydrogens is 344 g/mol. The van der Waals surface area contributed by atoms with Gasteiger partial charge in [0.25, 0.3) is 0 Å². The fraction of sp³-hybridized carbons (Fsp3) is 0.235. The van der Waals surface area contributed by atoms with Crippen LogP contribution < -0.4 is 15.2 Å². The lowest BCUT2D eigenvalue weighted by Gasteiger charge is -2.17. The summed E-state index contributed by atoms with van der Waals surface area (Å²) in [5.41, 5.74) is 1.13. The van der Waals surface area contributed by atoms with Crippen molar-refractivity contribution in [3.05, 3.63) is 48.0 Å². The Labute approximate surface area is 147 Å². The molecule has 0 aliphatic carbocycles. The minimum absolute atomic E-state index is 0.0936. The van der Waals surface area contributed by atoms with E-state index >= 15 is 0 Å². The van der Waals surface area contributed by atoms with Gasteiger partial charge in [-0.1, -0.05) is 43.8 Å². The maximum atomic E-state index is 12.0. The van der Waals surface area contributed by atoms with Gasteiger partial charge in [-0.15, -0.1) is 0 Å². The van der Waals surface area contributed by atoms with Gasteiger partial charge in [-0.25, -0.2) is 13.6 Å². The number of primary sulfonamides is 1. The second-order valence-electron chi connectivity index (χ2n) is 5.25. The smallest absolute Gasteiger partial charge is 0.241 e. The van der Waals surface area contributed by atoms with Crippen LogP contribution in [0.1, 0.15) is 25.3 Å². The van der Waals surface area contributed by atoms with E-state index in [9.17, 15) is 8.42 Å². The molecule has 3 N–H and O–H groups in total. The second-order valence-corrected chi connectivity index (χ2v) is 7.02. The van der Waals surface area contributed by atoms with Crippen molar-refractivity contribution in [3.8, 4) is 11.5 Å². The summed E-state index contributed by atoms with van der Waals surface area (Å²) in [4.78, 5) is -0.0936. The molecule has 0 spiro atoms. The monoisotopic (exact) mass is 364 g/mol. The first-order valence-electron chi connectivity index (χ1n) is 7.58. The number of hydrogen-bond donors (Lipinski definition) is 2. The van der Waals surface area contributed by atoms with E-state index < -0.39 is 10.0 Å². The van der Waals surface area contributed by atoms with Crippen molar-refractivity contribution in [2.75, 3.05) is 11.9 Å². The predicted molar refractivity (Wildman–Crippen MR) is 100 cm³/mol. The van der Waals surface area contributed by atoms with E-state index in [0.29, 0.717) is 23.5 Å². The van der Waals surface area contributed by atoms with E-state index in [2.05, 4.69) is 12.2 Å². The van der Waals surface area contributed by atoms with E-state index in [1.165, 1.54) is 11.4 Å². The van der Waals surface area contributed by atoms with Crippen molar-refractivity contribution in [2.45, 2.75) is 24.7 Å². The normalized spacial score (nSPS) is 11.1. The Morgan fingerprint density at radius 2 is 1.96 bits per heavy atom. The third kappa shape index (κ3) is 4.77. The molecule has 2 aromatic carbocycles. The summed E-state index contributed by atoms with van der Waals surface area (Å²) >= 11 is 4.94. The number of rotatable bonds is 8. The van der Waals surface area contributed by atoms with Crippen molar-refractivity contribution in [2.24, 2.45) is 5.14 Å². The lowest BCUT2D eigenvalue weighted by Crippen LogP contribution is -2.15. The first-order chi connectivity index (χ1) is 11.5. The molecule has 0 aliphatic rings. The predicted octanol–water partition coefficient (Wildman–Crippen LogP) is 3.69. The second kappa shape index (κ2) is 8.23. The molecule has 0 heterocycles. The van der Waals surface area contributed by atoms with Crippen LogP contribution in [0, 0.1) is 0 Å². The number of benzene rings is 2. The Bertz CT molecular complexity index is 806. The number of para-hydroxylation sites is 1. The Morgan fingerprint density at radius 1 is 1.25 bits per heavy atom. The van der Waals surface area contributed by atoms with Gasteiger partial charge in [-0.05, 0) is 36.2 Å². The Morgan fingerprint density at radius 3 is 2.54 bits per heavy atom. The van der Waals surface area contributed by atoms with Crippen LogP contribution in [0.25, 0.3) is 0 Å². The van der Waals surface area contributed by atoms with Crippen molar-refractivity contribution < 1.29 is 13.2 Å². The Kier molecular flexibility index (Phi) is 6.30. The molecule has 2 aromatic rings. The standard InChI is InChI=1S/C17H20N2O3S2/c1-2-3-9-19-15-10-13(12-23)11-16(24(18,20)21)17(15)22-14-7-5-4-6-8-14/h4-8,10-12,19H,2-3,9H2,1H3,(H2,18,20,21). The molecule has 0 amide bonds. The minimum atomic E-state index is -3.97. The fourth-order valence-corrected chi connectivity index (χ4v) is 2.99. The van der Waals surface area contributed by atoms with E-state index in [1.807, 2.05) is 18.2 Å². The van der Waals surface area contributed by atoms with Gasteiger partial charge in [0.15, 0.2) is 5.75 Å². The van der Waals surface area contributed by atoms with Gasteiger partial charge >= 0.3 is 0 Å². The summed E-state index contributed by atoms with van der Waals surface area (Å²) in [5.74, 6) is 0.705. The number of unbranched alkanes of at least 4 members (excludes halogenated alkanes) is 1. The topological polar surface area (TPSA) is 81.4 Å². The van der Waals surface area contributed by atoms with Crippen molar-refractivity contribution >= 4 is 33.3 Å². The number of nitrogens with one attached hydrogen (secondary N) is 1. The maximum absolute atomic E-state index is 12.0. The molecule has 24 heavy (non-hydrogen) atoms. The van der Waals surface area contributed by atoms with Crippen LogP contribution in [0.2, 0.25) is 0 Å². The van der Waals surface area contributed by atoms with Crippen LogP contribution in [0.4, 0.5) is 5.69 Å².